The molecule has 1 atom stereocenters. The quantitative estimate of drug-likeness (QED) is 0.935. The van der Waals surface area contributed by atoms with Gasteiger partial charge in [-0.2, -0.15) is 0 Å². The number of rotatable bonds is 3. The van der Waals surface area contributed by atoms with Crippen LogP contribution in [0.4, 0.5) is 0 Å². The average molecular weight is 275 g/mol. The summed E-state index contributed by atoms with van der Waals surface area (Å²) in [5.41, 5.74) is 1.34. The van der Waals surface area contributed by atoms with Gasteiger partial charge in [-0.25, -0.2) is 4.98 Å². The van der Waals surface area contributed by atoms with Gasteiger partial charge in [0, 0.05) is 11.6 Å². The van der Waals surface area contributed by atoms with E-state index < -0.39 is 0 Å². The monoisotopic (exact) mass is 275 g/mol. The summed E-state index contributed by atoms with van der Waals surface area (Å²) in [7, 11) is 0. The maximum Gasteiger partial charge on any atom is 0.157 e. The number of hydrogen-bond acceptors (Lipinski definition) is 5. The van der Waals surface area contributed by atoms with Crippen molar-refractivity contribution in [2.75, 3.05) is 6.54 Å². The molecule has 1 aliphatic heterocycles. The van der Waals surface area contributed by atoms with Crippen LogP contribution < -0.4 is 5.32 Å². The highest BCUT2D eigenvalue weighted by Gasteiger charge is 2.20. The van der Waals surface area contributed by atoms with Crippen LogP contribution >= 0.6 is 23.1 Å². The van der Waals surface area contributed by atoms with E-state index in [9.17, 15) is 0 Å². The van der Waals surface area contributed by atoms with Crippen LogP contribution in [0.25, 0.3) is 0 Å². The molecule has 1 aromatic carbocycles. The number of nitrogens with one attached hydrogen (secondary N) is 1. The second-order valence-electron chi connectivity index (χ2n) is 3.94. The minimum atomic E-state index is 0.449. The van der Waals surface area contributed by atoms with Crippen LogP contribution in [-0.4, -0.2) is 16.7 Å². The fourth-order valence-corrected chi connectivity index (χ4v) is 3.38. The molecule has 0 fully saturated rings. The van der Waals surface area contributed by atoms with Gasteiger partial charge >= 0.3 is 0 Å². The van der Waals surface area contributed by atoms with Crippen LogP contribution in [-0.2, 0) is 6.54 Å². The lowest BCUT2D eigenvalue weighted by molar-refractivity contribution is 0.901. The first-order valence-electron chi connectivity index (χ1n) is 5.80. The SMILES string of the molecule is c1ccc(C2CN=C(NCc3nccs3)S2)cc1. The highest BCUT2D eigenvalue weighted by Crippen LogP contribution is 2.34. The van der Waals surface area contributed by atoms with E-state index in [2.05, 4.69) is 39.6 Å². The van der Waals surface area contributed by atoms with Gasteiger partial charge in [0.1, 0.15) is 5.01 Å². The van der Waals surface area contributed by atoms with Crippen LogP contribution in [0.2, 0.25) is 0 Å². The molecule has 0 aliphatic carbocycles. The highest BCUT2D eigenvalue weighted by molar-refractivity contribution is 8.14. The summed E-state index contributed by atoms with van der Waals surface area (Å²) in [5, 5.41) is 7.91. The summed E-state index contributed by atoms with van der Waals surface area (Å²) in [6, 6.07) is 10.5. The molecule has 1 aromatic heterocycles. The van der Waals surface area contributed by atoms with E-state index in [-0.39, 0.29) is 0 Å². The van der Waals surface area contributed by atoms with Gasteiger partial charge in [-0.3, -0.25) is 4.99 Å². The molecule has 3 rings (SSSR count). The van der Waals surface area contributed by atoms with Crippen LogP contribution in [0, 0.1) is 0 Å². The normalized spacial score (nSPS) is 18.7. The Morgan fingerprint density at radius 3 is 2.94 bits per heavy atom. The van der Waals surface area contributed by atoms with Crippen molar-refractivity contribution in [1.29, 1.82) is 0 Å². The predicted molar refractivity (Wildman–Crippen MR) is 78.0 cm³/mol. The zero-order valence-electron chi connectivity index (χ0n) is 9.74. The van der Waals surface area contributed by atoms with Crippen molar-refractivity contribution in [2.24, 2.45) is 4.99 Å². The largest absolute Gasteiger partial charge is 0.358 e. The molecule has 3 nitrogen and oxygen atoms in total. The van der Waals surface area contributed by atoms with E-state index in [1.165, 1.54) is 5.56 Å². The van der Waals surface area contributed by atoms with E-state index >= 15 is 0 Å². The van der Waals surface area contributed by atoms with Gasteiger partial charge in [0.15, 0.2) is 5.17 Å². The standard InChI is InChI=1S/C13H13N3S2/c1-2-4-10(5-3-1)11-8-15-13(18-11)16-9-12-14-6-7-17-12/h1-7,11H,8-9H2,(H,15,16). The lowest BCUT2D eigenvalue weighted by atomic mass is 10.1. The predicted octanol–water partition coefficient (Wildman–Crippen LogP) is 3.08. The molecular weight excluding hydrogens is 262 g/mol. The number of nitrogens with zero attached hydrogens (tertiary/aromatic N) is 2. The number of hydrogen-bond donors (Lipinski definition) is 1. The third kappa shape index (κ3) is 2.73. The Morgan fingerprint density at radius 2 is 2.17 bits per heavy atom. The van der Waals surface area contributed by atoms with Crippen LogP contribution in [0.3, 0.4) is 0 Å². The van der Waals surface area contributed by atoms with Gasteiger partial charge in [0.25, 0.3) is 0 Å². The molecule has 0 amide bonds. The van der Waals surface area contributed by atoms with Crippen LogP contribution in [0.15, 0.2) is 46.9 Å². The van der Waals surface area contributed by atoms with Crippen molar-refractivity contribution >= 4 is 28.3 Å². The Bertz CT molecular complexity index is 522. The Balaban J connectivity index is 1.55. The molecule has 0 bridgehead atoms. The fourth-order valence-electron chi connectivity index (χ4n) is 1.81. The molecule has 0 saturated heterocycles. The third-order valence-corrected chi connectivity index (χ3v) is 4.68. The zero-order valence-corrected chi connectivity index (χ0v) is 11.4. The first-order valence-corrected chi connectivity index (χ1v) is 7.56. The number of amidine groups is 1. The summed E-state index contributed by atoms with van der Waals surface area (Å²) in [6.07, 6.45) is 1.83. The topological polar surface area (TPSA) is 37.3 Å². The van der Waals surface area contributed by atoms with Crippen molar-refractivity contribution in [1.82, 2.24) is 10.3 Å². The molecule has 2 aromatic rings. The molecule has 0 spiro atoms. The van der Waals surface area contributed by atoms with Crippen molar-refractivity contribution in [3.63, 3.8) is 0 Å². The number of benzene rings is 1. The van der Waals surface area contributed by atoms with Crippen LogP contribution in [0.5, 0.6) is 0 Å². The van der Waals surface area contributed by atoms with E-state index in [0.29, 0.717) is 5.25 Å². The molecule has 0 saturated carbocycles. The van der Waals surface area contributed by atoms with E-state index in [1.54, 1.807) is 23.1 Å². The van der Waals surface area contributed by atoms with Crippen molar-refractivity contribution in [2.45, 2.75) is 11.8 Å². The van der Waals surface area contributed by atoms with Gasteiger partial charge in [-0.15, -0.1) is 11.3 Å². The van der Waals surface area contributed by atoms with Gasteiger partial charge in [0.05, 0.1) is 18.3 Å². The third-order valence-electron chi connectivity index (χ3n) is 2.70. The number of aliphatic imine (C=N–C) groups is 1. The maximum atomic E-state index is 4.54. The Kier molecular flexibility index (Phi) is 3.61. The van der Waals surface area contributed by atoms with E-state index in [4.69, 9.17) is 0 Å². The maximum absolute atomic E-state index is 4.54. The molecule has 1 N–H and O–H groups in total. The van der Waals surface area contributed by atoms with Crippen molar-refractivity contribution in [3.05, 3.63) is 52.5 Å². The molecular formula is C13H13N3S2. The first-order chi connectivity index (χ1) is 8.92. The summed E-state index contributed by atoms with van der Waals surface area (Å²) in [4.78, 5) is 8.78. The number of thioether (sulfide) groups is 1. The molecule has 18 heavy (non-hydrogen) atoms. The average Bonchev–Trinajstić information content (AvgIpc) is 3.09. The summed E-state index contributed by atoms with van der Waals surface area (Å²) in [6.45, 7) is 1.62. The molecule has 5 heteroatoms. The molecule has 0 radical (unpaired) electrons. The Morgan fingerprint density at radius 1 is 1.28 bits per heavy atom. The summed E-state index contributed by atoms with van der Waals surface area (Å²) >= 11 is 3.47. The Hall–Kier alpha value is -1.33. The fraction of sp³-hybridized carbons (Fsp3) is 0.231. The van der Waals surface area contributed by atoms with E-state index in [0.717, 1.165) is 23.3 Å². The second kappa shape index (κ2) is 5.54. The zero-order chi connectivity index (χ0) is 12.2. The Labute approximate surface area is 114 Å². The minimum Gasteiger partial charge on any atom is -0.358 e. The second-order valence-corrected chi connectivity index (χ2v) is 6.11. The van der Waals surface area contributed by atoms with Crippen molar-refractivity contribution in [3.8, 4) is 0 Å². The molecule has 1 unspecified atom stereocenters. The minimum absolute atomic E-state index is 0.449. The molecule has 92 valence electrons. The first kappa shape index (κ1) is 11.7. The number of aromatic nitrogens is 1. The lowest BCUT2D eigenvalue weighted by Crippen LogP contribution is -2.18. The smallest absolute Gasteiger partial charge is 0.157 e. The summed E-state index contributed by atoms with van der Waals surface area (Å²) < 4.78 is 0. The lowest BCUT2D eigenvalue weighted by Gasteiger charge is -2.08. The van der Waals surface area contributed by atoms with Gasteiger partial charge in [-0.1, -0.05) is 42.1 Å². The highest BCUT2D eigenvalue weighted by atomic mass is 32.2. The number of thiazole rings is 1. The molecule has 2 heterocycles. The van der Waals surface area contributed by atoms with Gasteiger partial charge in [0.2, 0.25) is 0 Å². The van der Waals surface area contributed by atoms with Gasteiger partial charge in [-0.05, 0) is 5.56 Å². The van der Waals surface area contributed by atoms with Gasteiger partial charge < -0.3 is 5.32 Å². The van der Waals surface area contributed by atoms with Crippen molar-refractivity contribution < 1.29 is 0 Å². The molecule has 1 aliphatic rings. The summed E-state index contributed by atoms with van der Waals surface area (Å²) in [5.74, 6) is 0. The van der Waals surface area contributed by atoms with Crippen LogP contribution in [0.1, 0.15) is 15.8 Å². The van der Waals surface area contributed by atoms with E-state index in [1.807, 2.05) is 17.6 Å².